The van der Waals surface area contributed by atoms with Crippen molar-refractivity contribution < 1.29 is 0 Å². The molecule has 1 spiro atoms. The van der Waals surface area contributed by atoms with Crippen molar-refractivity contribution in [3.05, 3.63) is 77.9 Å². The van der Waals surface area contributed by atoms with Gasteiger partial charge in [-0.1, -0.05) is 55.7 Å². The molecule has 2 heteroatoms. The molecule has 36 heavy (non-hydrogen) atoms. The first-order valence-electron chi connectivity index (χ1n) is 14.5. The Hall–Kier alpha value is -2.58. The molecular weight excluding hydrogens is 436 g/mol. The van der Waals surface area contributed by atoms with Crippen molar-refractivity contribution in [3.8, 4) is 5.69 Å². The summed E-state index contributed by atoms with van der Waals surface area (Å²) in [6.45, 7) is 6.36. The molecule has 1 aromatic heterocycles. The van der Waals surface area contributed by atoms with Gasteiger partial charge in [0.05, 0.1) is 11.0 Å². The third kappa shape index (κ3) is 2.67. The van der Waals surface area contributed by atoms with Crippen LogP contribution in [0.2, 0.25) is 0 Å². The highest BCUT2D eigenvalue weighted by molar-refractivity contribution is 6.09. The first-order valence-corrected chi connectivity index (χ1v) is 14.5. The van der Waals surface area contributed by atoms with Crippen LogP contribution in [0.25, 0.3) is 27.5 Å². The third-order valence-electron chi connectivity index (χ3n) is 11.2. The first-order chi connectivity index (χ1) is 17.6. The molecule has 3 aliphatic heterocycles. The van der Waals surface area contributed by atoms with Crippen LogP contribution in [0.4, 0.5) is 0 Å². The molecule has 0 radical (unpaired) electrons. The van der Waals surface area contributed by atoms with Gasteiger partial charge in [-0.05, 0) is 99.2 Å². The van der Waals surface area contributed by atoms with Crippen LogP contribution in [0.5, 0.6) is 0 Å². The van der Waals surface area contributed by atoms with Crippen LogP contribution in [0.15, 0.2) is 66.7 Å². The van der Waals surface area contributed by atoms with Gasteiger partial charge in [-0.2, -0.15) is 0 Å². The number of rotatable bonds is 2. The SMILES string of the molecule is Cc1cc2c(cc1C13CC4CC(C1)C1(CCCCC1)N(C4)[C@@H]3C)c1ccccc1n2-c1ccccc1. The molecule has 5 atom stereocenters. The number of piperidine rings is 3. The van der Waals surface area contributed by atoms with E-state index in [9.17, 15) is 0 Å². The van der Waals surface area contributed by atoms with Crippen molar-refractivity contribution in [1.29, 1.82) is 0 Å². The molecule has 3 saturated heterocycles. The van der Waals surface area contributed by atoms with Gasteiger partial charge in [0.2, 0.25) is 0 Å². The molecule has 2 nitrogen and oxygen atoms in total. The summed E-state index contributed by atoms with van der Waals surface area (Å²) in [6.07, 6.45) is 11.5. The molecule has 3 aromatic carbocycles. The summed E-state index contributed by atoms with van der Waals surface area (Å²) in [5.41, 5.74) is 7.90. The number of aryl methyl sites for hydroxylation is 1. The second kappa shape index (κ2) is 7.48. The molecule has 5 aliphatic rings. The fourth-order valence-corrected chi connectivity index (χ4v) is 9.85. The van der Waals surface area contributed by atoms with E-state index in [1.165, 1.54) is 91.0 Å². The molecule has 5 fully saturated rings. The standard InChI is InChI=1S/C34H38N2/c1-23-17-32-29(28-13-7-8-14-31(28)36(32)27-11-5-3-6-12-27)19-30(23)33-20-25-18-26(21-33)34(15-9-4-10-16-34)35(22-25)24(33)2/h3,5-8,11-14,17,19,24-26H,4,9-10,15-16,18,20-22H2,1-2H3/t24-,25?,26?,33?/m1/s1. The summed E-state index contributed by atoms with van der Waals surface area (Å²) in [5.74, 6) is 1.77. The Morgan fingerprint density at radius 1 is 0.806 bits per heavy atom. The number of hydrogen-bond acceptors (Lipinski definition) is 1. The summed E-state index contributed by atoms with van der Waals surface area (Å²) in [4.78, 5) is 3.06. The number of hydrogen-bond donors (Lipinski definition) is 0. The molecule has 4 unspecified atom stereocenters. The molecule has 4 heterocycles. The van der Waals surface area contributed by atoms with Crippen molar-refractivity contribution in [1.82, 2.24) is 9.47 Å². The maximum absolute atomic E-state index is 3.06. The number of aromatic nitrogens is 1. The minimum atomic E-state index is 0.308. The second-order valence-electron chi connectivity index (χ2n) is 12.7. The lowest BCUT2D eigenvalue weighted by atomic mass is 9.47. The monoisotopic (exact) mass is 474 g/mol. The van der Waals surface area contributed by atoms with E-state index in [4.69, 9.17) is 0 Å². The fourth-order valence-electron chi connectivity index (χ4n) is 9.85. The zero-order chi connectivity index (χ0) is 24.1. The van der Waals surface area contributed by atoms with E-state index in [0.29, 0.717) is 17.0 Å². The van der Waals surface area contributed by atoms with E-state index in [1.54, 1.807) is 5.56 Å². The Labute approximate surface area is 215 Å². The Balaban J connectivity index is 1.33. The number of fused-ring (bicyclic) bond motifs is 3. The predicted octanol–water partition coefficient (Wildman–Crippen LogP) is 8.17. The number of nitrogens with zero attached hydrogens (tertiary/aromatic N) is 2. The number of benzene rings is 3. The van der Waals surface area contributed by atoms with Crippen LogP contribution < -0.4 is 0 Å². The summed E-state index contributed by atoms with van der Waals surface area (Å²) in [6, 6.07) is 25.7. The zero-order valence-electron chi connectivity index (χ0n) is 21.8. The van der Waals surface area contributed by atoms with Crippen LogP contribution in [0, 0.1) is 18.8 Å². The quantitative estimate of drug-likeness (QED) is 0.284. The van der Waals surface area contributed by atoms with Crippen molar-refractivity contribution in [2.45, 2.75) is 82.2 Å². The van der Waals surface area contributed by atoms with Gasteiger partial charge < -0.3 is 4.57 Å². The second-order valence-corrected chi connectivity index (χ2v) is 12.7. The van der Waals surface area contributed by atoms with E-state index in [0.717, 1.165) is 11.8 Å². The molecule has 4 aromatic rings. The molecule has 184 valence electrons. The van der Waals surface area contributed by atoms with Gasteiger partial charge >= 0.3 is 0 Å². The average molecular weight is 475 g/mol. The van der Waals surface area contributed by atoms with Crippen LogP contribution in [0.1, 0.15) is 69.4 Å². The lowest BCUT2D eigenvalue weighted by Gasteiger charge is -2.71. The molecule has 0 N–H and O–H groups in total. The summed E-state index contributed by atoms with van der Waals surface area (Å²) < 4.78 is 2.48. The van der Waals surface area contributed by atoms with Crippen LogP contribution in [-0.4, -0.2) is 27.6 Å². The maximum Gasteiger partial charge on any atom is 0.0543 e. The minimum Gasteiger partial charge on any atom is -0.309 e. The van der Waals surface area contributed by atoms with Crippen molar-refractivity contribution in [2.75, 3.05) is 6.54 Å². The normalized spacial score (nSPS) is 32.6. The molecule has 4 bridgehead atoms. The first kappa shape index (κ1) is 21.5. The lowest BCUT2D eigenvalue weighted by molar-refractivity contribution is -0.182. The van der Waals surface area contributed by atoms with E-state index in [-0.39, 0.29) is 0 Å². The van der Waals surface area contributed by atoms with Gasteiger partial charge in [0, 0.05) is 40.0 Å². The van der Waals surface area contributed by atoms with Gasteiger partial charge in [0.15, 0.2) is 0 Å². The van der Waals surface area contributed by atoms with Gasteiger partial charge in [-0.25, -0.2) is 0 Å². The minimum absolute atomic E-state index is 0.308. The predicted molar refractivity (Wildman–Crippen MR) is 150 cm³/mol. The van der Waals surface area contributed by atoms with Gasteiger partial charge in [0.1, 0.15) is 0 Å². The van der Waals surface area contributed by atoms with Crippen LogP contribution in [0.3, 0.4) is 0 Å². The molecule has 0 amide bonds. The van der Waals surface area contributed by atoms with E-state index in [2.05, 4.69) is 90.0 Å². The molecular formula is C34H38N2. The topological polar surface area (TPSA) is 8.17 Å². The van der Waals surface area contributed by atoms with Crippen molar-refractivity contribution >= 4 is 21.8 Å². The van der Waals surface area contributed by atoms with E-state index >= 15 is 0 Å². The zero-order valence-corrected chi connectivity index (χ0v) is 21.8. The Morgan fingerprint density at radius 3 is 2.42 bits per heavy atom. The summed E-state index contributed by atoms with van der Waals surface area (Å²) in [5, 5.41) is 2.82. The van der Waals surface area contributed by atoms with E-state index in [1.807, 2.05) is 0 Å². The Morgan fingerprint density at radius 2 is 1.58 bits per heavy atom. The Bertz CT molecular complexity index is 1470. The van der Waals surface area contributed by atoms with Gasteiger partial charge in [0.25, 0.3) is 0 Å². The highest BCUT2D eigenvalue weighted by atomic mass is 15.3. The van der Waals surface area contributed by atoms with Gasteiger partial charge in [-0.15, -0.1) is 0 Å². The average Bonchev–Trinajstić information content (AvgIpc) is 3.23. The fraction of sp³-hybridized carbons (Fsp3) is 0.471. The summed E-state index contributed by atoms with van der Waals surface area (Å²) in [7, 11) is 0. The molecule has 2 aliphatic carbocycles. The highest BCUT2D eigenvalue weighted by Gasteiger charge is 2.64. The third-order valence-corrected chi connectivity index (χ3v) is 11.2. The number of para-hydroxylation sites is 2. The van der Waals surface area contributed by atoms with Gasteiger partial charge in [-0.3, -0.25) is 4.90 Å². The Kier molecular flexibility index (Phi) is 4.47. The highest BCUT2D eigenvalue weighted by Crippen LogP contribution is 2.64. The van der Waals surface area contributed by atoms with Crippen molar-refractivity contribution in [3.63, 3.8) is 0 Å². The molecule has 9 rings (SSSR count). The maximum atomic E-state index is 3.06. The smallest absolute Gasteiger partial charge is 0.0543 e. The molecule has 2 saturated carbocycles. The van der Waals surface area contributed by atoms with Crippen molar-refractivity contribution in [2.24, 2.45) is 11.8 Å². The lowest BCUT2D eigenvalue weighted by Crippen LogP contribution is -2.75. The van der Waals surface area contributed by atoms with Crippen LogP contribution >= 0.6 is 0 Å². The van der Waals surface area contributed by atoms with E-state index < -0.39 is 0 Å². The van der Waals surface area contributed by atoms with Crippen LogP contribution in [-0.2, 0) is 5.41 Å². The summed E-state index contributed by atoms with van der Waals surface area (Å²) >= 11 is 0. The largest absolute Gasteiger partial charge is 0.309 e.